The van der Waals surface area contributed by atoms with Gasteiger partial charge in [-0.25, -0.2) is 0 Å². The largest absolute Gasteiger partial charge is 0.495 e. The topological polar surface area (TPSA) is 52.3 Å². The van der Waals surface area contributed by atoms with Crippen molar-refractivity contribution in [1.82, 2.24) is 0 Å². The van der Waals surface area contributed by atoms with Crippen LogP contribution in [0.4, 0.5) is 5.69 Å². The summed E-state index contributed by atoms with van der Waals surface area (Å²) < 4.78 is 17.9. The van der Waals surface area contributed by atoms with Crippen LogP contribution in [0, 0.1) is 5.92 Å². The van der Waals surface area contributed by atoms with Gasteiger partial charge < -0.3 is 10.5 Å². The van der Waals surface area contributed by atoms with Gasteiger partial charge in [-0.05, 0) is 30.9 Å². The van der Waals surface area contributed by atoms with E-state index in [1.54, 1.807) is 19.2 Å². The summed E-state index contributed by atoms with van der Waals surface area (Å²) in [6, 6.07) is 5.38. The highest BCUT2D eigenvalue weighted by atomic mass is 32.2. The molecule has 0 heterocycles. The Balaban J connectivity index is 2.22. The van der Waals surface area contributed by atoms with Crippen LogP contribution in [0.25, 0.3) is 0 Å². The fourth-order valence-corrected chi connectivity index (χ4v) is 4.39. The first kappa shape index (κ1) is 13.4. The van der Waals surface area contributed by atoms with E-state index in [1.807, 2.05) is 6.07 Å². The Kier molecular flexibility index (Phi) is 4.27. The highest BCUT2D eigenvalue weighted by Crippen LogP contribution is 2.33. The van der Waals surface area contributed by atoms with Crippen molar-refractivity contribution in [3.8, 4) is 5.75 Å². The summed E-state index contributed by atoms with van der Waals surface area (Å²) in [4.78, 5) is 0.783. The Morgan fingerprint density at radius 3 is 2.83 bits per heavy atom. The van der Waals surface area contributed by atoms with Crippen molar-refractivity contribution in [3.63, 3.8) is 0 Å². The molecule has 1 aliphatic rings. The third-order valence-corrected chi connectivity index (χ3v) is 5.40. The number of ether oxygens (including phenoxy) is 1. The van der Waals surface area contributed by atoms with Crippen molar-refractivity contribution < 1.29 is 8.95 Å². The minimum Gasteiger partial charge on any atom is -0.495 e. The van der Waals surface area contributed by atoms with Gasteiger partial charge in [-0.3, -0.25) is 4.21 Å². The summed E-state index contributed by atoms with van der Waals surface area (Å²) in [6.45, 7) is 2.24. The predicted molar refractivity (Wildman–Crippen MR) is 75.2 cm³/mol. The van der Waals surface area contributed by atoms with E-state index in [4.69, 9.17) is 10.5 Å². The van der Waals surface area contributed by atoms with Gasteiger partial charge >= 0.3 is 0 Å². The van der Waals surface area contributed by atoms with E-state index in [0.29, 0.717) is 17.4 Å². The molecule has 1 aliphatic carbocycles. The molecule has 1 aromatic carbocycles. The van der Waals surface area contributed by atoms with Crippen molar-refractivity contribution in [2.75, 3.05) is 12.8 Å². The lowest BCUT2D eigenvalue weighted by Crippen LogP contribution is -2.23. The van der Waals surface area contributed by atoms with Crippen LogP contribution in [0.2, 0.25) is 0 Å². The fourth-order valence-electron chi connectivity index (χ4n) is 2.60. The molecule has 3 nitrogen and oxygen atoms in total. The zero-order valence-electron chi connectivity index (χ0n) is 11.0. The number of nitrogen functional groups attached to an aromatic ring is 1. The molecule has 0 amide bonds. The minimum absolute atomic E-state index is 0.256. The number of benzene rings is 1. The van der Waals surface area contributed by atoms with Crippen molar-refractivity contribution >= 4 is 16.5 Å². The molecule has 100 valence electrons. The number of anilines is 1. The van der Waals surface area contributed by atoms with E-state index in [-0.39, 0.29) is 5.25 Å². The molecule has 0 aromatic heterocycles. The van der Waals surface area contributed by atoms with Gasteiger partial charge in [0.05, 0.1) is 22.8 Å². The Morgan fingerprint density at radius 2 is 2.17 bits per heavy atom. The molecule has 0 aliphatic heterocycles. The van der Waals surface area contributed by atoms with Gasteiger partial charge in [0.25, 0.3) is 0 Å². The number of methoxy groups -OCH3 is 1. The number of hydrogen-bond donors (Lipinski definition) is 1. The van der Waals surface area contributed by atoms with Crippen LogP contribution < -0.4 is 10.5 Å². The molecular weight excluding hydrogens is 246 g/mol. The normalized spacial score (nSPS) is 25.7. The third kappa shape index (κ3) is 2.86. The lowest BCUT2D eigenvalue weighted by atomic mass is 9.91. The van der Waals surface area contributed by atoms with Gasteiger partial charge in [-0.2, -0.15) is 0 Å². The first-order chi connectivity index (χ1) is 8.61. The summed E-state index contributed by atoms with van der Waals surface area (Å²) in [6.07, 6.45) is 4.52. The number of hydrogen-bond acceptors (Lipinski definition) is 3. The molecule has 1 aromatic rings. The van der Waals surface area contributed by atoms with Crippen LogP contribution in [0.3, 0.4) is 0 Å². The van der Waals surface area contributed by atoms with Gasteiger partial charge in [0.15, 0.2) is 0 Å². The average molecular weight is 267 g/mol. The third-order valence-electron chi connectivity index (χ3n) is 3.60. The molecule has 18 heavy (non-hydrogen) atoms. The molecule has 3 unspecified atom stereocenters. The van der Waals surface area contributed by atoms with E-state index in [2.05, 4.69) is 6.92 Å². The second-order valence-corrected chi connectivity index (χ2v) is 6.80. The van der Waals surface area contributed by atoms with Crippen LogP contribution in [0.1, 0.15) is 32.6 Å². The van der Waals surface area contributed by atoms with Crippen molar-refractivity contribution in [3.05, 3.63) is 18.2 Å². The first-order valence-corrected chi connectivity index (χ1v) is 7.67. The molecule has 1 saturated carbocycles. The summed E-state index contributed by atoms with van der Waals surface area (Å²) in [7, 11) is 0.605. The van der Waals surface area contributed by atoms with Crippen LogP contribution in [0.15, 0.2) is 23.1 Å². The number of nitrogens with two attached hydrogens (primary N) is 1. The molecule has 0 radical (unpaired) electrons. The molecule has 1 fully saturated rings. The number of rotatable bonds is 3. The van der Waals surface area contributed by atoms with Gasteiger partial charge in [-0.15, -0.1) is 0 Å². The molecule has 2 rings (SSSR count). The molecule has 3 atom stereocenters. The van der Waals surface area contributed by atoms with Crippen LogP contribution in [-0.4, -0.2) is 16.6 Å². The standard InChI is InChI=1S/C14H21NO2S/c1-10-4-3-5-12(8-10)18(16)14-7-6-11(15)9-13(14)17-2/h6-7,9-10,12H,3-5,8,15H2,1-2H3. The summed E-state index contributed by atoms with van der Waals surface area (Å²) in [5, 5.41) is 0.256. The van der Waals surface area contributed by atoms with E-state index < -0.39 is 10.8 Å². The maximum absolute atomic E-state index is 12.6. The van der Waals surface area contributed by atoms with Gasteiger partial charge in [0, 0.05) is 17.0 Å². The first-order valence-electron chi connectivity index (χ1n) is 6.46. The zero-order valence-corrected chi connectivity index (χ0v) is 11.8. The molecular formula is C14H21NO2S. The van der Waals surface area contributed by atoms with E-state index >= 15 is 0 Å². The van der Waals surface area contributed by atoms with Gasteiger partial charge in [0.2, 0.25) is 0 Å². The van der Waals surface area contributed by atoms with E-state index in [0.717, 1.165) is 17.7 Å². The molecule has 0 bridgehead atoms. The lowest BCUT2D eigenvalue weighted by molar-refractivity contribution is 0.386. The van der Waals surface area contributed by atoms with Crippen LogP contribution in [0.5, 0.6) is 5.75 Å². The summed E-state index contributed by atoms with van der Waals surface area (Å²) >= 11 is 0. The van der Waals surface area contributed by atoms with Crippen LogP contribution in [-0.2, 0) is 10.8 Å². The van der Waals surface area contributed by atoms with Gasteiger partial charge in [-0.1, -0.05) is 19.8 Å². The average Bonchev–Trinajstić information content (AvgIpc) is 2.37. The maximum Gasteiger partial charge on any atom is 0.137 e. The predicted octanol–water partition coefficient (Wildman–Crippen LogP) is 2.96. The quantitative estimate of drug-likeness (QED) is 0.857. The summed E-state index contributed by atoms with van der Waals surface area (Å²) in [5.74, 6) is 1.32. The monoisotopic (exact) mass is 267 g/mol. The van der Waals surface area contributed by atoms with Gasteiger partial charge in [0.1, 0.15) is 5.75 Å². The smallest absolute Gasteiger partial charge is 0.137 e. The SMILES string of the molecule is COc1cc(N)ccc1S(=O)C1CCCC(C)C1. The second kappa shape index (κ2) is 5.74. The maximum atomic E-state index is 12.6. The molecule has 0 saturated heterocycles. The Bertz CT molecular complexity index is 447. The molecule has 0 spiro atoms. The Hall–Kier alpha value is -1.03. The molecule has 2 N–H and O–H groups in total. The Labute approximate surface area is 111 Å². The fraction of sp³-hybridized carbons (Fsp3) is 0.571. The van der Waals surface area contributed by atoms with E-state index in [9.17, 15) is 4.21 Å². The van der Waals surface area contributed by atoms with E-state index in [1.165, 1.54) is 12.8 Å². The van der Waals surface area contributed by atoms with Crippen molar-refractivity contribution in [2.24, 2.45) is 5.92 Å². The van der Waals surface area contributed by atoms with Crippen LogP contribution >= 0.6 is 0 Å². The highest BCUT2D eigenvalue weighted by Gasteiger charge is 2.26. The minimum atomic E-state index is -0.991. The lowest BCUT2D eigenvalue weighted by Gasteiger charge is -2.26. The van der Waals surface area contributed by atoms with Crippen molar-refractivity contribution in [1.29, 1.82) is 0 Å². The highest BCUT2D eigenvalue weighted by molar-refractivity contribution is 7.85. The second-order valence-electron chi connectivity index (χ2n) is 5.10. The zero-order chi connectivity index (χ0) is 13.1. The molecule has 4 heteroatoms. The van der Waals surface area contributed by atoms with Crippen molar-refractivity contribution in [2.45, 2.75) is 42.8 Å². The summed E-state index contributed by atoms with van der Waals surface area (Å²) in [5.41, 5.74) is 6.37. The Morgan fingerprint density at radius 1 is 1.39 bits per heavy atom.